The van der Waals surface area contributed by atoms with Crippen LogP contribution in [0, 0.1) is 11.8 Å². The third-order valence-electron chi connectivity index (χ3n) is 6.98. The van der Waals surface area contributed by atoms with Crippen molar-refractivity contribution in [3.8, 4) is 0 Å². The fraction of sp³-hybridized carbons (Fsp3) is 0.467. The molecular formula is C30H38S. The third-order valence-corrected chi connectivity index (χ3v) is 8.01. The van der Waals surface area contributed by atoms with Gasteiger partial charge >= 0.3 is 0 Å². The van der Waals surface area contributed by atoms with Crippen molar-refractivity contribution in [1.29, 1.82) is 0 Å². The molecule has 0 saturated heterocycles. The molecule has 0 unspecified atom stereocenters. The lowest BCUT2D eigenvalue weighted by Crippen LogP contribution is -2.05. The molecule has 2 aromatic carbocycles. The van der Waals surface area contributed by atoms with E-state index in [-0.39, 0.29) is 0 Å². The minimum atomic E-state index is 0.774. The van der Waals surface area contributed by atoms with Crippen molar-refractivity contribution in [3.05, 3.63) is 83.9 Å². The molecule has 2 aromatic rings. The number of benzene rings is 2. The van der Waals surface area contributed by atoms with E-state index in [4.69, 9.17) is 0 Å². The Kier molecular flexibility index (Phi) is 8.94. The molecule has 1 heteroatoms. The summed E-state index contributed by atoms with van der Waals surface area (Å²) in [6.45, 7) is 0. The van der Waals surface area contributed by atoms with Gasteiger partial charge in [-0.25, -0.2) is 0 Å². The Morgan fingerprint density at radius 3 is 1.35 bits per heavy atom. The van der Waals surface area contributed by atoms with E-state index >= 15 is 0 Å². The van der Waals surface area contributed by atoms with Crippen LogP contribution in [-0.4, -0.2) is 11.5 Å². The minimum Gasteiger partial charge on any atom is -0.152 e. The first kappa shape index (κ1) is 22.5. The van der Waals surface area contributed by atoms with Gasteiger partial charge in [-0.3, -0.25) is 0 Å². The third kappa shape index (κ3) is 7.14. The maximum atomic E-state index is 2.62. The van der Waals surface area contributed by atoms with Crippen LogP contribution in [0.25, 0.3) is 11.1 Å². The molecule has 0 aromatic heterocycles. The molecule has 0 nitrogen and oxygen atoms in total. The quantitative estimate of drug-likeness (QED) is 0.402. The highest BCUT2D eigenvalue weighted by molar-refractivity contribution is 8.00. The fourth-order valence-electron chi connectivity index (χ4n) is 5.20. The average molecular weight is 431 g/mol. The molecule has 2 saturated carbocycles. The van der Waals surface area contributed by atoms with E-state index < -0.39 is 0 Å². The van der Waals surface area contributed by atoms with Gasteiger partial charge in [-0.05, 0) is 59.8 Å². The summed E-state index contributed by atoms with van der Waals surface area (Å²) in [7, 11) is 0. The van der Waals surface area contributed by atoms with Crippen LogP contribution >= 0.6 is 11.8 Å². The lowest BCUT2D eigenvalue weighted by atomic mass is 9.87. The second-order valence-corrected chi connectivity index (χ2v) is 10.4. The van der Waals surface area contributed by atoms with Gasteiger partial charge < -0.3 is 0 Å². The normalized spacial score (nSPS) is 19.5. The molecule has 0 N–H and O–H groups in total. The second-order valence-electron chi connectivity index (χ2n) is 9.40. The smallest absolute Gasteiger partial charge is 0.0190 e. The SMILES string of the molecule is C(=C(CSCC(=CC1CCCCC1)c1ccccc1)c1ccccc1)C1CCCCC1. The van der Waals surface area contributed by atoms with E-state index in [1.54, 1.807) is 11.1 Å². The minimum absolute atomic E-state index is 0.774. The molecule has 0 amide bonds. The summed E-state index contributed by atoms with van der Waals surface area (Å²) in [5.41, 5.74) is 5.92. The van der Waals surface area contributed by atoms with Gasteiger partial charge in [-0.2, -0.15) is 11.8 Å². The van der Waals surface area contributed by atoms with E-state index in [9.17, 15) is 0 Å². The summed E-state index contributed by atoms with van der Waals surface area (Å²) < 4.78 is 0. The highest BCUT2D eigenvalue weighted by atomic mass is 32.2. The molecule has 2 aliphatic carbocycles. The van der Waals surface area contributed by atoms with Crippen molar-refractivity contribution in [2.75, 3.05) is 11.5 Å². The fourth-order valence-corrected chi connectivity index (χ4v) is 6.27. The van der Waals surface area contributed by atoms with Crippen LogP contribution in [0.15, 0.2) is 72.8 Å². The molecule has 0 atom stereocenters. The topological polar surface area (TPSA) is 0 Å². The molecular weight excluding hydrogens is 392 g/mol. The zero-order valence-corrected chi connectivity index (χ0v) is 19.8. The van der Waals surface area contributed by atoms with E-state index in [1.807, 2.05) is 0 Å². The highest BCUT2D eigenvalue weighted by Gasteiger charge is 2.15. The van der Waals surface area contributed by atoms with Gasteiger partial charge in [0.2, 0.25) is 0 Å². The number of hydrogen-bond donors (Lipinski definition) is 0. The largest absolute Gasteiger partial charge is 0.152 e. The Bertz CT molecular complexity index is 750. The van der Waals surface area contributed by atoms with Crippen LogP contribution in [0.3, 0.4) is 0 Å². The molecule has 0 spiro atoms. The van der Waals surface area contributed by atoms with Gasteiger partial charge in [0, 0.05) is 11.5 Å². The van der Waals surface area contributed by atoms with Gasteiger partial charge in [-0.1, -0.05) is 111 Å². The number of allylic oxidation sites excluding steroid dienone is 2. The number of rotatable bonds is 8. The lowest BCUT2D eigenvalue weighted by molar-refractivity contribution is 0.420. The monoisotopic (exact) mass is 430 g/mol. The zero-order chi connectivity index (χ0) is 21.1. The summed E-state index contributed by atoms with van der Waals surface area (Å²) in [5, 5.41) is 0. The van der Waals surface area contributed by atoms with Crippen LogP contribution in [0.5, 0.6) is 0 Å². The Morgan fingerprint density at radius 2 is 0.968 bits per heavy atom. The van der Waals surface area contributed by atoms with Gasteiger partial charge in [-0.15, -0.1) is 0 Å². The maximum absolute atomic E-state index is 2.62. The lowest BCUT2D eigenvalue weighted by Gasteiger charge is -2.21. The molecule has 2 aliphatic rings. The first-order valence-electron chi connectivity index (χ1n) is 12.5. The first-order chi connectivity index (χ1) is 15.4. The van der Waals surface area contributed by atoms with E-state index in [0.29, 0.717) is 0 Å². The Hall–Kier alpha value is -1.73. The van der Waals surface area contributed by atoms with Gasteiger partial charge in [0.15, 0.2) is 0 Å². The van der Waals surface area contributed by atoms with E-state index in [0.717, 1.165) is 23.3 Å². The summed E-state index contributed by atoms with van der Waals surface area (Å²) in [6.07, 6.45) is 19.2. The Balaban J connectivity index is 1.47. The molecule has 0 heterocycles. The average Bonchev–Trinajstić information content (AvgIpc) is 2.85. The highest BCUT2D eigenvalue weighted by Crippen LogP contribution is 2.32. The standard InChI is InChI=1S/C30H38S/c1-5-13-25(14-6-1)21-29(27-17-9-3-10-18-27)23-31-24-30(28-19-11-4-12-20-28)22-26-15-7-2-8-16-26/h3-4,9-12,17-22,25-26H,1-2,5-8,13-16,23-24H2. The van der Waals surface area contributed by atoms with Crippen LogP contribution in [0.1, 0.15) is 75.3 Å². The van der Waals surface area contributed by atoms with Crippen molar-refractivity contribution >= 4 is 22.9 Å². The summed E-state index contributed by atoms with van der Waals surface area (Å²) >= 11 is 2.10. The maximum Gasteiger partial charge on any atom is 0.0190 e. The summed E-state index contributed by atoms with van der Waals surface area (Å²) in [4.78, 5) is 0. The Labute approximate surface area is 194 Å². The predicted molar refractivity (Wildman–Crippen MR) is 139 cm³/mol. The Morgan fingerprint density at radius 1 is 0.581 bits per heavy atom. The summed E-state index contributed by atoms with van der Waals surface area (Å²) in [6, 6.07) is 22.2. The van der Waals surface area contributed by atoms with Crippen LogP contribution in [-0.2, 0) is 0 Å². The number of hydrogen-bond acceptors (Lipinski definition) is 1. The van der Waals surface area contributed by atoms with Crippen molar-refractivity contribution in [2.45, 2.75) is 64.2 Å². The first-order valence-corrected chi connectivity index (χ1v) is 13.6. The van der Waals surface area contributed by atoms with E-state index in [2.05, 4.69) is 84.6 Å². The molecule has 0 aliphatic heterocycles. The van der Waals surface area contributed by atoms with Crippen LogP contribution in [0.4, 0.5) is 0 Å². The van der Waals surface area contributed by atoms with Gasteiger partial charge in [0.1, 0.15) is 0 Å². The van der Waals surface area contributed by atoms with Gasteiger partial charge in [0.05, 0.1) is 0 Å². The molecule has 31 heavy (non-hydrogen) atoms. The molecule has 0 bridgehead atoms. The molecule has 164 valence electrons. The molecule has 2 fully saturated rings. The molecule has 0 radical (unpaired) electrons. The second kappa shape index (κ2) is 12.3. The van der Waals surface area contributed by atoms with Gasteiger partial charge in [0.25, 0.3) is 0 Å². The molecule has 4 rings (SSSR count). The van der Waals surface area contributed by atoms with E-state index in [1.165, 1.54) is 75.3 Å². The predicted octanol–water partition coefficient (Wildman–Crippen LogP) is 9.05. The summed E-state index contributed by atoms with van der Waals surface area (Å²) in [5.74, 6) is 3.76. The van der Waals surface area contributed by atoms with Crippen molar-refractivity contribution in [1.82, 2.24) is 0 Å². The number of thioether (sulfide) groups is 1. The van der Waals surface area contributed by atoms with Crippen LogP contribution in [0.2, 0.25) is 0 Å². The van der Waals surface area contributed by atoms with Crippen molar-refractivity contribution in [3.63, 3.8) is 0 Å². The van der Waals surface area contributed by atoms with Crippen LogP contribution < -0.4 is 0 Å². The van der Waals surface area contributed by atoms with Crippen molar-refractivity contribution in [2.24, 2.45) is 11.8 Å². The van der Waals surface area contributed by atoms with Crippen molar-refractivity contribution < 1.29 is 0 Å². The zero-order valence-electron chi connectivity index (χ0n) is 19.0.